The number of likely N-dealkylation sites (N-methyl/N-ethyl adjacent to an activating group) is 1. The monoisotopic (exact) mass is 221 g/mol. The van der Waals surface area contributed by atoms with Crippen molar-refractivity contribution in [2.24, 2.45) is 5.73 Å². The van der Waals surface area contributed by atoms with E-state index in [1.54, 1.807) is 0 Å². The molecule has 2 rings (SSSR count). The molecule has 0 aliphatic heterocycles. The van der Waals surface area contributed by atoms with Crippen molar-refractivity contribution < 1.29 is 0 Å². The summed E-state index contributed by atoms with van der Waals surface area (Å²) >= 11 is 1.53. The Kier molecular flexibility index (Phi) is 2.88. The molecular weight excluding hydrogens is 206 g/mol. The Labute approximate surface area is 93.7 Å². The van der Waals surface area contributed by atoms with Gasteiger partial charge in [-0.1, -0.05) is 12.1 Å². The average Bonchev–Trinajstić information content (AvgIpc) is 2.59. The normalized spacial score (nSPS) is 13.0. The first-order valence-electron chi connectivity index (χ1n) is 4.99. The van der Waals surface area contributed by atoms with E-state index in [4.69, 9.17) is 5.73 Å². The van der Waals surface area contributed by atoms with Crippen LogP contribution >= 0.6 is 11.5 Å². The topological polar surface area (TPSA) is 42.1 Å². The van der Waals surface area contributed by atoms with Crippen LogP contribution in [0.1, 0.15) is 6.92 Å². The molecule has 2 aromatic rings. The summed E-state index contributed by atoms with van der Waals surface area (Å²) in [5.41, 5.74) is 6.85. The molecule has 15 heavy (non-hydrogen) atoms. The molecule has 0 spiro atoms. The molecule has 3 nitrogen and oxygen atoms in total. The Bertz CT molecular complexity index is 450. The van der Waals surface area contributed by atoms with Crippen molar-refractivity contribution in [1.29, 1.82) is 0 Å². The van der Waals surface area contributed by atoms with Gasteiger partial charge in [-0.25, -0.2) is 0 Å². The molecule has 0 saturated carbocycles. The van der Waals surface area contributed by atoms with Crippen molar-refractivity contribution >= 4 is 27.4 Å². The fourth-order valence-corrected chi connectivity index (χ4v) is 2.49. The fourth-order valence-electron chi connectivity index (χ4n) is 1.67. The van der Waals surface area contributed by atoms with Gasteiger partial charge >= 0.3 is 0 Å². The van der Waals surface area contributed by atoms with Gasteiger partial charge in [-0.15, -0.1) is 0 Å². The maximum absolute atomic E-state index is 5.79. The Morgan fingerprint density at radius 3 is 2.93 bits per heavy atom. The Hall–Kier alpha value is -1.13. The van der Waals surface area contributed by atoms with Crippen molar-refractivity contribution in [3.63, 3.8) is 0 Å². The second kappa shape index (κ2) is 4.16. The van der Waals surface area contributed by atoms with E-state index in [-0.39, 0.29) is 6.04 Å². The molecule has 0 aliphatic rings. The molecule has 0 fully saturated rings. The fraction of sp³-hybridized carbons (Fsp3) is 0.364. The molecule has 0 amide bonds. The lowest BCUT2D eigenvalue weighted by Crippen LogP contribution is -2.32. The lowest BCUT2D eigenvalue weighted by atomic mass is 10.2. The van der Waals surface area contributed by atoms with Crippen molar-refractivity contribution in [3.8, 4) is 0 Å². The predicted octanol–water partition coefficient (Wildman–Crippen LogP) is 2.08. The van der Waals surface area contributed by atoms with Crippen molar-refractivity contribution in [3.05, 3.63) is 24.3 Å². The number of nitrogens with zero attached hydrogens (tertiary/aromatic N) is 2. The van der Waals surface area contributed by atoms with E-state index in [1.165, 1.54) is 21.9 Å². The highest BCUT2D eigenvalue weighted by atomic mass is 32.1. The first-order valence-corrected chi connectivity index (χ1v) is 5.77. The Morgan fingerprint density at radius 1 is 1.47 bits per heavy atom. The number of benzene rings is 1. The minimum absolute atomic E-state index is 0.177. The molecular formula is C11H15N3S. The predicted molar refractivity (Wildman–Crippen MR) is 66.5 cm³/mol. The van der Waals surface area contributed by atoms with Crippen LogP contribution in [-0.4, -0.2) is 24.0 Å². The smallest absolute Gasteiger partial charge is 0.119 e. The SMILES string of the molecule is CC(N)CN(C)c1snc2ccccc12. The highest BCUT2D eigenvalue weighted by Gasteiger charge is 2.10. The third kappa shape index (κ3) is 2.11. The maximum Gasteiger partial charge on any atom is 0.119 e. The Morgan fingerprint density at radius 2 is 2.20 bits per heavy atom. The van der Waals surface area contributed by atoms with Gasteiger partial charge in [0.25, 0.3) is 0 Å². The second-order valence-electron chi connectivity index (χ2n) is 3.86. The second-order valence-corrected chi connectivity index (χ2v) is 4.61. The van der Waals surface area contributed by atoms with Crippen LogP contribution in [0.5, 0.6) is 0 Å². The lowest BCUT2D eigenvalue weighted by molar-refractivity contribution is 0.722. The van der Waals surface area contributed by atoms with Gasteiger partial charge in [-0.3, -0.25) is 0 Å². The zero-order valence-electron chi connectivity index (χ0n) is 8.97. The van der Waals surface area contributed by atoms with Crippen LogP contribution in [0, 0.1) is 0 Å². The number of fused-ring (bicyclic) bond motifs is 1. The molecule has 4 heteroatoms. The molecule has 1 aromatic heterocycles. The summed E-state index contributed by atoms with van der Waals surface area (Å²) in [5.74, 6) is 0. The molecule has 0 bridgehead atoms. The lowest BCUT2D eigenvalue weighted by Gasteiger charge is -2.19. The van der Waals surface area contributed by atoms with E-state index in [0.29, 0.717) is 0 Å². The van der Waals surface area contributed by atoms with E-state index in [1.807, 2.05) is 25.1 Å². The van der Waals surface area contributed by atoms with Crippen molar-refractivity contribution in [2.75, 3.05) is 18.5 Å². The third-order valence-corrected chi connectivity index (χ3v) is 3.27. The van der Waals surface area contributed by atoms with Gasteiger partial charge in [-0.05, 0) is 30.6 Å². The summed E-state index contributed by atoms with van der Waals surface area (Å²) in [7, 11) is 2.06. The van der Waals surface area contributed by atoms with Crippen LogP contribution in [0.3, 0.4) is 0 Å². The number of anilines is 1. The van der Waals surface area contributed by atoms with Crippen LogP contribution in [0.25, 0.3) is 10.9 Å². The van der Waals surface area contributed by atoms with Gasteiger partial charge in [0.1, 0.15) is 5.00 Å². The van der Waals surface area contributed by atoms with Crippen LogP contribution in [0.4, 0.5) is 5.00 Å². The third-order valence-electron chi connectivity index (χ3n) is 2.27. The highest BCUT2D eigenvalue weighted by Crippen LogP contribution is 2.29. The number of rotatable bonds is 3. The van der Waals surface area contributed by atoms with E-state index >= 15 is 0 Å². The zero-order chi connectivity index (χ0) is 10.8. The summed E-state index contributed by atoms with van der Waals surface area (Å²) in [4.78, 5) is 2.17. The van der Waals surface area contributed by atoms with Crippen LogP contribution in [-0.2, 0) is 0 Å². The van der Waals surface area contributed by atoms with Crippen LogP contribution in [0.15, 0.2) is 24.3 Å². The summed E-state index contributed by atoms with van der Waals surface area (Å²) in [5, 5.41) is 2.41. The molecule has 2 N–H and O–H groups in total. The van der Waals surface area contributed by atoms with Crippen LogP contribution in [0.2, 0.25) is 0 Å². The zero-order valence-corrected chi connectivity index (χ0v) is 9.79. The number of nitrogens with two attached hydrogens (primary N) is 1. The summed E-state index contributed by atoms with van der Waals surface area (Å²) < 4.78 is 4.41. The van der Waals surface area contributed by atoms with Gasteiger partial charge in [0.2, 0.25) is 0 Å². The number of hydrogen-bond acceptors (Lipinski definition) is 4. The Balaban J connectivity index is 2.35. The largest absolute Gasteiger partial charge is 0.363 e. The van der Waals surface area contributed by atoms with E-state index in [2.05, 4.69) is 22.4 Å². The first-order chi connectivity index (χ1) is 7.18. The summed E-state index contributed by atoms with van der Waals surface area (Å²) in [6, 6.07) is 8.37. The van der Waals surface area contributed by atoms with E-state index in [0.717, 1.165) is 12.1 Å². The van der Waals surface area contributed by atoms with Crippen molar-refractivity contribution in [2.45, 2.75) is 13.0 Å². The molecule has 1 heterocycles. The van der Waals surface area contributed by atoms with Gasteiger partial charge in [0.15, 0.2) is 0 Å². The number of hydrogen-bond donors (Lipinski definition) is 1. The molecule has 0 saturated heterocycles. The van der Waals surface area contributed by atoms with Crippen LogP contribution < -0.4 is 10.6 Å². The van der Waals surface area contributed by atoms with Gasteiger partial charge < -0.3 is 10.6 Å². The minimum atomic E-state index is 0.177. The molecule has 0 aliphatic carbocycles. The maximum atomic E-state index is 5.79. The average molecular weight is 221 g/mol. The van der Waals surface area contributed by atoms with Gasteiger partial charge in [-0.2, -0.15) is 4.37 Å². The molecule has 0 radical (unpaired) electrons. The standard InChI is InChI=1S/C11H15N3S/c1-8(12)7-14(2)11-9-5-3-4-6-10(9)13-15-11/h3-6,8H,7,12H2,1-2H3. The summed E-state index contributed by atoms with van der Waals surface area (Å²) in [6.07, 6.45) is 0. The highest BCUT2D eigenvalue weighted by molar-refractivity contribution is 7.11. The summed E-state index contributed by atoms with van der Waals surface area (Å²) in [6.45, 7) is 2.87. The molecule has 1 atom stereocenters. The van der Waals surface area contributed by atoms with Gasteiger partial charge in [0, 0.05) is 25.0 Å². The molecule has 1 unspecified atom stereocenters. The van der Waals surface area contributed by atoms with E-state index < -0.39 is 0 Å². The number of aromatic nitrogens is 1. The first kappa shape index (κ1) is 10.4. The molecule has 80 valence electrons. The minimum Gasteiger partial charge on any atom is -0.363 e. The quantitative estimate of drug-likeness (QED) is 0.863. The van der Waals surface area contributed by atoms with Crippen molar-refractivity contribution in [1.82, 2.24) is 4.37 Å². The van der Waals surface area contributed by atoms with E-state index in [9.17, 15) is 0 Å². The molecule has 1 aromatic carbocycles. The van der Waals surface area contributed by atoms with Gasteiger partial charge in [0.05, 0.1) is 5.52 Å².